The largest absolute Gasteiger partial charge is 0.508 e. The first-order valence-electron chi connectivity index (χ1n) is 21.9. The van der Waals surface area contributed by atoms with Crippen molar-refractivity contribution in [1.29, 1.82) is 0 Å². The topological polar surface area (TPSA) is 308 Å². The number of aryl methyl sites for hydroxylation is 6. The highest BCUT2D eigenvalue weighted by Gasteiger charge is 2.29. The first-order valence-corrected chi connectivity index (χ1v) is 21.9. The van der Waals surface area contributed by atoms with Crippen LogP contribution in [0.1, 0.15) is 89.1 Å². The van der Waals surface area contributed by atoms with Gasteiger partial charge in [-0.05, 0) is 101 Å². The third-order valence-corrected chi connectivity index (χ3v) is 11.7. The predicted octanol–water partition coefficient (Wildman–Crippen LogP) is 2.26. The molecule has 0 spiro atoms. The first kappa shape index (κ1) is 49.6. The summed E-state index contributed by atoms with van der Waals surface area (Å²) >= 11 is 0. The number of carbonyl (C=O) groups excluding carboxylic acids is 5. The summed E-state index contributed by atoms with van der Waals surface area (Å²) in [6, 6.07) is 9.15. The second-order valence-electron chi connectivity index (χ2n) is 16.3. The lowest BCUT2D eigenvalue weighted by Crippen LogP contribution is -2.49. The van der Waals surface area contributed by atoms with Crippen LogP contribution in [0.4, 0.5) is 11.9 Å². The molecule has 3 heterocycles. The molecule has 358 valence electrons. The van der Waals surface area contributed by atoms with Gasteiger partial charge in [-0.2, -0.15) is 0 Å². The number of nitrogens with two attached hydrogens (primary N) is 1. The molecule has 5 aromatic rings. The second-order valence-corrected chi connectivity index (χ2v) is 16.3. The van der Waals surface area contributed by atoms with Crippen LogP contribution in [0.25, 0.3) is 0 Å². The molecule has 2 aliphatic rings. The van der Waals surface area contributed by atoms with E-state index in [1.165, 1.54) is 32.8 Å². The number of methoxy groups -OCH3 is 2. The Hall–Kier alpha value is -7.81. The number of nitrogens with one attached hydrogen (secondary N) is 5. The summed E-state index contributed by atoms with van der Waals surface area (Å²) in [7, 11) is 2.43. The van der Waals surface area contributed by atoms with Crippen molar-refractivity contribution in [2.75, 3.05) is 37.9 Å². The Kier molecular flexibility index (Phi) is 16.5. The molecule has 2 aliphatic carbocycles. The Labute approximate surface area is 392 Å². The minimum Gasteiger partial charge on any atom is -0.508 e. The van der Waals surface area contributed by atoms with Gasteiger partial charge < -0.3 is 52.0 Å². The van der Waals surface area contributed by atoms with Crippen LogP contribution in [0.15, 0.2) is 55.0 Å². The molecular weight excluding hydrogens is 877 g/mol. The molecule has 0 saturated heterocycles. The standard InChI is InChI=1S/C26H29N7O5.C21H27N5O4/c1-14-22(24(36)33-20(25(37)38-3)13-29-23(35)19-12-27-9-10-28-19)15(2)31-26(30-14)32-17-8-7-16-5-4-6-21(34)18(16)11-17;1-11-18(19(28)26-16(10-22)20(29)30-3)12(2)24-21(23-11)25-14-8-7-13-5-4-6-17(27)15(13)9-14/h4-6,9-10,12,17,20,34H,7-8,11,13H2,1-3H3,(H,29,35)(H,33,36)(H,30,31,32);4-6,14,16,27H,7-10,22H2,1-3H3,(H,26,28)(H,23,24,25)/t17?,20-;14?,16-/m00/s1. The number of phenols is 2. The smallest absolute Gasteiger partial charge is 0.330 e. The Balaban J connectivity index is 0.000000230. The number of carbonyl (C=O) groups is 5. The number of fused-ring (bicyclic) bond motifs is 2. The van der Waals surface area contributed by atoms with Crippen LogP contribution in [0.2, 0.25) is 0 Å². The fraction of sp³-hybridized carbons (Fsp3) is 0.383. The number of phenolic OH excluding ortho intramolecular Hbond substituents is 2. The van der Waals surface area contributed by atoms with Gasteiger partial charge in [-0.1, -0.05) is 24.3 Å². The average Bonchev–Trinajstić information content (AvgIpc) is 3.32. The fourth-order valence-corrected chi connectivity index (χ4v) is 8.22. The Morgan fingerprint density at radius 2 is 1.13 bits per heavy atom. The quantitative estimate of drug-likeness (QED) is 0.0741. The molecular formula is C47H56N12O9. The normalized spacial score (nSPS) is 15.6. The van der Waals surface area contributed by atoms with Gasteiger partial charge in [0.1, 0.15) is 29.3 Å². The van der Waals surface area contributed by atoms with Crippen LogP contribution >= 0.6 is 0 Å². The average molecular weight is 933 g/mol. The lowest BCUT2D eigenvalue weighted by molar-refractivity contribution is -0.143. The minimum atomic E-state index is -1.15. The molecule has 0 fully saturated rings. The van der Waals surface area contributed by atoms with Crippen molar-refractivity contribution in [2.24, 2.45) is 5.73 Å². The van der Waals surface area contributed by atoms with Crippen molar-refractivity contribution in [3.8, 4) is 11.5 Å². The van der Waals surface area contributed by atoms with Crippen molar-refractivity contribution >= 4 is 41.6 Å². The van der Waals surface area contributed by atoms with Crippen molar-refractivity contribution in [2.45, 2.75) is 90.4 Å². The lowest BCUT2D eigenvalue weighted by atomic mass is 9.88. The van der Waals surface area contributed by atoms with E-state index in [-0.39, 0.29) is 42.2 Å². The molecule has 21 heteroatoms. The molecule has 4 atom stereocenters. The first-order chi connectivity index (χ1) is 32.6. The van der Waals surface area contributed by atoms with Crippen molar-refractivity contribution < 1.29 is 43.7 Å². The molecule has 0 radical (unpaired) electrons. The summed E-state index contributed by atoms with van der Waals surface area (Å²) in [5, 5.41) is 34.7. The molecule has 2 unspecified atom stereocenters. The van der Waals surface area contributed by atoms with Gasteiger partial charge in [-0.15, -0.1) is 0 Å². The fourth-order valence-electron chi connectivity index (χ4n) is 8.22. The molecule has 0 bridgehead atoms. The summed E-state index contributed by atoms with van der Waals surface area (Å²) in [5.74, 6) is -1.56. The van der Waals surface area contributed by atoms with Crippen LogP contribution in [0.3, 0.4) is 0 Å². The summed E-state index contributed by atoms with van der Waals surface area (Å²) < 4.78 is 9.44. The van der Waals surface area contributed by atoms with Gasteiger partial charge in [0, 0.05) is 37.6 Å². The van der Waals surface area contributed by atoms with E-state index < -0.39 is 41.7 Å². The maximum atomic E-state index is 13.1. The molecule has 7 rings (SSSR count). The van der Waals surface area contributed by atoms with Crippen LogP contribution in [-0.2, 0) is 44.7 Å². The summed E-state index contributed by atoms with van der Waals surface area (Å²) in [5.41, 5.74) is 12.1. The molecule has 21 nitrogen and oxygen atoms in total. The number of nitrogens with zero attached hydrogens (tertiary/aromatic N) is 6. The number of anilines is 2. The minimum absolute atomic E-state index is 0.0240. The number of aromatic nitrogens is 6. The molecule has 9 N–H and O–H groups in total. The maximum absolute atomic E-state index is 13.1. The predicted molar refractivity (Wildman–Crippen MR) is 248 cm³/mol. The maximum Gasteiger partial charge on any atom is 0.330 e. The number of esters is 2. The van der Waals surface area contributed by atoms with Crippen molar-refractivity contribution in [1.82, 2.24) is 45.9 Å². The molecule has 0 saturated carbocycles. The monoisotopic (exact) mass is 932 g/mol. The van der Waals surface area contributed by atoms with E-state index in [0.29, 0.717) is 58.8 Å². The molecule has 68 heavy (non-hydrogen) atoms. The third-order valence-electron chi connectivity index (χ3n) is 11.7. The van der Waals surface area contributed by atoms with Crippen LogP contribution in [0, 0.1) is 27.7 Å². The summed E-state index contributed by atoms with van der Waals surface area (Å²) in [6.07, 6.45) is 8.80. The zero-order valence-electron chi connectivity index (χ0n) is 38.7. The van der Waals surface area contributed by atoms with E-state index in [9.17, 15) is 34.2 Å². The Morgan fingerprint density at radius 3 is 1.56 bits per heavy atom. The van der Waals surface area contributed by atoms with E-state index in [4.69, 9.17) is 10.5 Å². The van der Waals surface area contributed by atoms with E-state index in [1.807, 2.05) is 24.3 Å². The second kappa shape index (κ2) is 22.6. The number of hydrogen-bond acceptors (Lipinski definition) is 18. The van der Waals surface area contributed by atoms with Crippen LogP contribution < -0.4 is 32.3 Å². The zero-order chi connectivity index (χ0) is 49.1. The number of aromatic hydroxyl groups is 2. The highest BCUT2D eigenvalue weighted by molar-refractivity contribution is 5.99. The van der Waals surface area contributed by atoms with Gasteiger partial charge in [-0.3, -0.25) is 19.4 Å². The molecule has 2 aromatic carbocycles. The number of ether oxygens (including phenoxy) is 2. The van der Waals surface area contributed by atoms with Crippen LogP contribution in [0.5, 0.6) is 11.5 Å². The van der Waals surface area contributed by atoms with Gasteiger partial charge in [0.05, 0.1) is 54.3 Å². The number of benzene rings is 2. The summed E-state index contributed by atoms with van der Waals surface area (Å²) in [4.78, 5) is 87.6. The Bertz CT molecular complexity index is 2620. The van der Waals surface area contributed by atoms with Gasteiger partial charge in [0.2, 0.25) is 11.9 Å². The number of rotatable bonds is 14. The van der Waals surface area contributed by atoms with E-state index in [2.05, 4.69) is 61.2 Å². The van der Waals surface area contributed by atoms with E-state index in [1.54, 1.807) is 39.8 Å². The highest BCUT2D eigenvalue weighted by atomic mass is 16.5. The zero-order valence-corrected chi connectivity index (χ0v) is 38.7. The van der Waals surface area contributed by atoms with Crippen molar-refractivity contribution in [3.05, 3.63) is 117 Å². The molecule has 3 amide bonds. The molecule has 0 aliphatic heterocycles. The SMILES string of the molecule is COC(=O)[C@H](CN)NC(=O)c1c(C)nc(NC2CCc3cccc(O)c3C2)nc1C.COC(=O)[C@H](CNC(=O)c1cnccn1)NC(=O)c1c(C)nc(NC2CCc3cccc(O)c3C2)nc1C. The van der Waals surface area contributed by atoms with Gasteiger partial charge in [0.15, 0.2) is 0 Å². The summed E-state index contributed by atoms with van der Waals surface area (Å²) in [6.45, 7) is 6.49. The van der Waals surface area contributed by atoms with E-state index in [0.717, 1.165) is 47.9 Å². The third kappa shape index (κ3) is 12.1. The lowest BCUT2D eigenvalue weighted by Gasteiger charge is -2.26. The van der Waals surface area contributed by atoms with Crippen LogP contribution in [-0.4, -0.2) is 121 Å². The van der Waals surface area contributed by atoms with Gasteiger partial charge in [0.25, 0.3) is 17.7 Å². The highest BCUT2D eigenvalue weighted by Crippen LogP contribution is 2.31. The molecule has 3 aromatic heterocycles. The number of hydrogen-bond donors (Lipinski definition) is 8. The number of amides is 3. The van der Waals surface area contributed by atoms with E-state index >= 15 is 0 Å². The van der Waals surface area contributed by atoms with Crippen molar-refractivity contribution in [3.63, 3.8) is 0 Å². The van der Waals surface area contributed by atoms with Gasteiger partial charge in [-0.25, -0.2) is 34.5 Å². The van der Waals surface area contributed by atoms with Gasteiger partial charge >= 0.3 is 11.9 Å². The Morgan fingerprint density at radius 1 is 0.676 bits per heavy atom.